The summed E-state index contributed by atoms with van der Waals surface area (Å²) in [6.07, 6.45) is 4.07. The number of carboxylic acid groups (broad SMARTS) is 1. The van der Waals surface area contributed by atoms with Gasteiger partial charge >= 0.3 is 5.97 Å². The minimum Gasteiger partial charge on any atom is -0.497 e. The molecule has 34 heavy (non-hydrogen) atoms. The van der Waals surface area contributed by atoms with E-state index in [4.69, 9.17) is 9.47 Å². The molecule has 0 spiro atoms. The van der Waals surface area contributed by atoms with E-state index in [9.17, 15) is 9.90 Å². The van der Waals surface area contributed by atoms with Crippen LogP contribution in [0.25, 0.3) is 6.08 Å². The van der Waals surface area contributed by atoms with Gasteiger partial charge in [0.2, 0.25) is 5.76 Å². The molecule has 2 aromatic carbocycles. The van der Waals surface area contributed by atoms with Gasteiger partial charge in [-0.15, -0.1) is 11.8 Å². The molecular formula is C28H31NO4S. The smallest absolute Gasteiger partial charge is 0.371 e. The molecule has 3 aromatic rings. The Bertz CT molecular complexity index is 1110. The first-order valence-electron chi connectivity index (χ1n) is 11.3. The summed E-state index contributed by atoms with van der Waals surface area (Å²) in [6.45, 7) is 4.56. The third kappa shape index (κ3) is 7.66. The summed E-state index contributed by atoms with van der Waals surface area (Å²) >= 11 is 1.74. The van der Waals surface area contributed by atoms with Crippen molar-refractivity contribution < 1.29 is 19.4 Å². The van der Waals surface area contributed by atoms with E-state index in [2.05, 4.69) is 37.0 Å². The van der Waals surface area contributed by atoms with Crippen LogP contribution in [0, 0.1) is 13.8 Å². The first kappa shape index (κ1) is 25.4. The number of unbranched alkanes of at least 4 members (excludes halogenated alkanes) is 1. The maximum Gasteiger partial charge on any atom is 0.371 e. The molecule has 0 amide bonds. The molecule has 3 rings (SSSR count). The SMILES string of the molecule is COc1ccc(CCCCO/C(=C/c2cccc(CSc3c(C)cccc3C)n2)C(=O)O)cc1. The topological polar surface area (TPSA) is 68.7 Å². The molecular weight excluding hydrogens is 446 g/mol. The Morgan fingerprint density at radius 3 is 2.38 bits per heavy atom. The third-order valence-corrected chi connectivity index (χ3v) is 6.74. The molecule has 178 valence electrons. The summed E-state index contributed by atoms with van der Waals surface area (Å²) in [6, 6.07) is 19.9. The van der Waals surface area contributed by atoms with Crippen molar-refractivity contribution in [3.05, 3.63) is 94.5 Å². The zero-order valence-corrected chi connectivity index (χ0v) is 20.7. The quantitative estimate of drug-likeness (QED) is 0.140. The van der Waals surface area contributed by atoms with Gasteiger partial charge in [0, 0.05) is 16.7 Å². The molecule has 0 unspecified atom stereocenters. The fourth-order valence-electron chi connectivity index (χ4n) is 3.54. The first-order chi connectivity index (χ1) is 16.5. The van der Waals surface area contributed by atoms with E-state index < -0.39 is 5.97 Å². The maximum atomic E-state index is 11.7. The van der Waals surface area contributed by atoms with Crippen LogP contribution in [0.4, 0.5) is 0 Å². The van der Waals surface area contributed by atoms with E-state index in [1.807, 2.05) is 36.4 Å². The second-order valence-electron chi connectivity index (χ2n) is 8.03. The highest BCUT2D eigenvalue weighted by Crippen LogP contribution is 2.28. The van der Waals surface area contributed by atoms with Crippen molar-refractivity contribution in [2.75, 3.05) is 13.7 Å². The van der Waals surface area contributed by atoms with Crippen molar-refractivity contribution in [2.24, 2.45) is 0 Å². The van der Waals surface area contributed by atoms with Crippen LogP contribution in [0.3, 0.4) is 0 Å². The Morgan fingerprint density at radius 2 is 1.71 bits per heavy atom. The van der Waals surface area contributed by atoms with Crippen LogP contribution < -0.4 is 4.74 Å². The third-order valence-electron chi connectivity index (χ3n) is 5.37. The van der Waals surface area contributed by atoms with Crippen molar-refractivity contribution in [1.82, 2.24) is 4.98 Å². The van der Waals surface area contributed by atoms with E-state index >= 15 is 0 Å². The maximum absolute atomic E-state index is 11.7. The fourth-order valence-corrected chi connectivity index (χ4v) is 4.58. The lowest BCUT2D eigenvalue weighted by Crippen LogP contribution is -2.07. The number of aryl methyl sites for hydroxylation is 3. The van der Waals surface area contributed by atoms with Crippen LogP contribution in [-0.2, 0) is 21.7 Å². The number of hydrogen-bond donors (Lipinski definition) is 1. The number of carboxylic acids is 1. The van der Waals surface area contributed by atoms with Crippen molar-refractivity contribution in [1.29, 1.82) is 0 Å². The zero-order valence-electron chi connectivity index (χ0n) is 19.9. The highest BCUT2D eigenvalue weighted by Gasteiger charge is 2.10. The monoisotopic (exact) mass is 477 g/mol. The number of ether oxygens (including phenoxy) is 2. The molecule has 0 bridgehead atoms. The van der Waals surface area contributed by atoms with Gasteiger partial charge in [-0.05, 0) is 74.1 Å². The molecule has 0 saturated carbocycles. The highest BCUT2D eigenvalue weighted by atomic mass is 32.2. The molecule has 1 heterocycles. The van der Waals surface area contributed by atoms with Gasteiger partial charge in [0.15, 0.2) is 0 Å². The van der Waals surface area contributed by atoms with E-state index in [0.29, 0.717) is 18.1 Å². The lowest BCUT2D eigenvalue weighted by atomic mass is 10.1. The van der Waals surface area contributed by atoms with Crippen molar-refractivity contribution >= 4 is 23.8 Å². The van der Waals surface area contributed by atoms with Gasteiger partial charge in [-0.1, -0.05) is 36.4 Å². The molecule has 0 aliphatic carbocycles. The Labute approximate surface area is 205 Å². The van der Waals surface area contributed by atoms with Gasteiger partial charge in [0.05, 0.1) is 25.1 Å². The minimum atomic E-state index is -1.09. The average molecular weight is 478 g/mol. The van der Waals surface area contributed by atoms with Gasteiger partial charge in [-0.2, -0.15) is 0 Å². The van der Waals surface area contributed by atoms with Gasteiger partial charge in [0.25, 0.3) is 0 Å². The number of hydrogen-bond acceptors (Lipinski definition) is 5. The van der Waals surface area contributed by atoms with Crippen molar-refractivity contribution in [3.63, 3.8) is 0 Å². The van der Waals surface area contributed by atoms with Crippen LogP contribution in [0.5, 0.6) is 5.75 Å². The summed E-state index contributed by atoms with van der Waals surface area (Å²) in [5, 5.41) is 9.56. The number of carbonyl (C=O) groups is 1. The predicted octanol–water partition coefficient (Wildman–Crippen LogP) is 6.46. The Morgan fingerprint density at radius 1 is 1.00 bits per heavy atom. The van der Waals surface area contributed by atoms with E-state index in [-0.39, 0.29) is 5.76 Å². The van der Waals surface area contributed by atoms with Crippen LogP contribution in [0.1, 0.15) is 40.9 Å². The molecule has 0 aliphatic rings. The summed E-state index contributed by atoms with van der Waals surface area (Å²) < 4.78 is 10.8. The van der Waals surface area contributed by atoms with Crippen molar-refractivity contribution in [3.8, 4) is 5.75 Å². The minimum absolute atomic E-state index is 0.0866. The molecule has 6 heteroatoms. The van der Waals surface area contributed by atoms with Gasteiger partial charge in [-0.3, -0.25) is 4.98 Å². The standard InChI is InChI=1S/C28H31NO4S/c1-20-8-6-9-21(2)27(20)34-19-24-12-7-11-23(29-24)18-26(28(30)31)33-17-5-4-10-22-13-15-25(32-3)16-14-22/h6-9,11-16,18H,4-5,10,17,19H2,1-3H3,(H,30,31)/b26-18+. The fraction of sp³-hybridized carbons (Fsp3) is 0.286. The summed E-state index contributed by atoms with van der Waals surface area (Å²) in [5.74, 6) is 0.371. The molecule has 0 aliphatic heterocycles. The molecule has 0 radical (unpaired) electrons. The number of rotatable bonds is 12. The lowest BCUT2D eigenvalue weighted by Gasteiger charge is -2.09. The zero-order chi connectivity index (χ0) is 24.3. The number of nitrogens with zero attached hydrogens (tertiary/aromatic N) is 1. The highest BCUT2D eigenvalue weighted by molar-refractivity contribution is 7.98. The van der Waals surface area contributed by atoms with Gasteiger partial charge in [0.1, 0.15) is 5.75 Å². The van der Waals surface area contributed by atoms with Crippen LogP contribution in [0.2, 0.25) is 0 Å². The second-order valence-corrected chi connectivity index (χ2v) is 9.02. The number of aromatic nitrogens is 1. The first-order valence-corrected chi connectivity index (χ1v) is 12.3. The second kappa shape index (κ2) is 12.8. The Hall–Kier alpha value is -3.25. The van der Waals surface area contributed by atoms with Gasteiger partial charge < -0.3 is 14.6 Å². The lowest BCUT2D eigenvalue weighted by molar-refractivity contribution is -0.136. The van der Waals surface area contributed by atoms with Crippen molar-refractivity contribution in [2.45, 2.75) is 43.8 Å². The number of benzene rings is 2. The van der Waals surface area contributed by atoms with E-state index in [1.165, 1.54) is 27.7 Å². The number of aliphatic carboxylic acids is 1. The van der Waals surface area contributed by atoms with E-state index in [1.54, 1.807) is 24.9 Å². The normalized spacial score (nSPS) is 11.3. The molecule has 5 nitrogen and oxygen atoms in total. The summed E-state index contributed by atoms with van der Waals surface area (Å²) in [4.78, 5) is 17.6. The van der Waals surface area contributed by atoms with Crippen LogP contribution >= 0.6 is 11.8 Å². The van der Waals surface area contributed by atoms with Crippen LogP contribution in [-0.4, -0.2) is 29.8 Å². The largest absolute Gasteiger partial charge is 0.497 e. The Kier molecular flexibility index (Phi) is 9.59. The Balaban J connectivity index is 1.53. The number of methoxy groups -OCH3 is 1. The number of thioether (sulfide) groups is 1. The number of pyridine rings is 1. The molecule has 0 atom stereocenters. The average Bonchev–Trinajstić information content (AvgIpc) is 2.83. The summed E-state index contributed by atoms with van der Waals surface area (Å²) in [7, 11) is 1.65. The summed E-state index contributed by atoms with van der Waals surface area (Å²) in [5.41, 5.74) is 5.18. The molecule has 0 fully saturated rings. The molecule has 1 N–H and O–H groups in total. The molecule has 1 aromatic heterocycles. The van der Waals surface area contributed by atoms with E-state index in [0.717, 1.165) is 30.7 Å². The van der Waals surface area contributed by atoms with Crippen LogP contribution in [0.15, 0.2) is 71.3 Å². The molecule has 0 saturated heterocycles. The van der Waals surface area contributed by atoms with Gasteiger partial charge in [-0.25, -0.2) is 4.79 Å². The predicted molar refractivity (Wildman–Crippen MR) is 137 cm³/mol.